The standard InChI is InChI=1S/C18H23NO5/c1-12(20)15-4-3-5-16(11-15)24-13(2)18(23)19-8-6-14(7-9-19)10-17(21)22/h3-5,11,13-14H,6-10H2,1-2H3,(H,21,22). The Labute approximate surface area is 141 Å². The van der Waals surface area contributed by atoms with E-state index in [-0.39, 0.29) is 24.0 Å². The van der Waals surface area contributed by atoms with Crippen LogP contribution in [0.15, 0.2) is 24.3 Å². The van der Waals surface area contributed by atoms with E-state index in [1.54, 1.807) is 36.1 Å². The molecule has 1 amide bonds. The van der Waals surface area contributed by atoms with Gasteiger partial charge < -0.3 is 14.7 Å². The molecule has 1 N–H and O–H groups in total. The monoisotopic (exact) mass is 333 g/mol. The molecule has 1 heterocycles. The average Bonchev–Trinajstić information content (AvgIpc) is 2.54. The van der Waals surface area contributed by atoms with Crippen LogP contribution in [0.2, 0.25) is 0 Å². The molecule has 1 atom stereocenters. The second kappa shape index (κ2) is 7.95. The number of aliphatic carboxylic acids is 1. The second-order valence-electron chi connectivity index (χ2n) is 6.21. The number of carboxylic acids is 1. The van der Waals surface area contributed by atoms with Crippen LogP contribution in [-0.4, -0.2) is 46.9 Å². The van der Waals surface area contributed by atoms with E-state index in [1.807, 2.05) is 0 Å². The minimum Gasteiger partial charge on any atom is -0.481 e. The van der Waals surface area contributed by atoms with E-state index in [0.717, 1.165) is 0 Å². The third kappa shape index (κ3) is 4.81. The number of hydrogen-bond acceptors (Lipinski definition) is 4. The lowest BCUT2D eigenvalue weighted by Gasteiger charge is -2.33. The van der Waals surface area contributed by atoms with Gasteiger partial charge in [0.2, 0.25) is 0 Å². The van der Waals surface area contributed by atoms with E-state index in [9.17, 15) is 14.4 Å². The number of nitrogens with zero attached hydrogens (tertiary/aromatic N) is 1. The van der Waals surface area contributed by atoms with Crippen molar-refractivity contribution < 1.29 is 24.2 Å². The predicted molar refractivity (Wildman–Crippen MR) is 88.1 cm³/mol. The highest BCUT2D eigenvalue weighted by Crippen LogP contribution is 2.22. The van der Waals surface area contributed by atoms with Gasteiger partial charge in [-0.15, -0.1) is 0 Å². The summed E-state index contributed by atoms with van der Waals surface area (Å²) in [5.41, 5.74) is 0.543. The Kier molecular flexibility index (Phi) is 5.95. The van der Waals surface area contributed by atoms with Gasteiger partial charge in [0.05, 0.1) is 0 Å². The molecular weight excluding hydrogens is 310 g/mol. The number of ether oxygens (including phenoxy) is 1. The van der Waals surface area contributed by atoms with Gasteiger partial charge in [-0.05, 0) is 44.7 Å². The van der Waals surface area contributed by atoms with Gasteiger partial charge in [-0.25, -0.2) is 0 Å². The van der Waals surface area contributed by atoms with Crippen molar-refractivity contribution in [2.45, 2.75) is 39.2 Å². The number of carboxylic acid groups (broad SMARTS) is 1. The Morgan fingerprint density at radius 2 is 1.96 bits per heavy atom. The summed E-state index contributed by atoms with van der Waals surface area (Å²) in [5, 5.41) is 8.83. The minimum atomic E-state index is -0.790. The lowest BCUT2D eigenvalue weighted by atomic mass is 9.93. The normalized spacial score (nSPS) is 16.5. The molecule has 6 heteroatoms. The first kappa shape index (κ1) is 18.0. The fourth-order valence-electron chi connectivity index (χ4n) is 2.90. The van der Waals surface area contributed by atoms with Crippen LogP contribution < -0.4 is 4.74 Å². The number of carbonyl (C=O) groups excluding carboxylic acids is 2. The number of piperidine rings is 1. The minimum absolute atomic E-state index is 0.0556. The number of hydrogen-bond donors (Lipinski definition) is 1. The van der Waals surface area contributed by atoms with Crippen molar-refractivity contribution in [3.8, 4) is 5.75 Å². The maximum absolute atomic E-state index is 12.5. The molecule has 0 saturated carbocycles. The first-order valence-corrected chi connectivity index (χ1v) is 8.15. The molecule has 0 bridgehead atoms. The van der Waals surface area contributed by atoms with Gasteiger partial charge >= 0.3 is 5.97 Å². The Bertz CT molecular complexity index is 620. The van der Waals surface area contributed by atoms with Crippen LogP contribution in [0.25, 0.3) is 0 Å². The second-order valence-corrected chi connectivity index (χ2v) is 6.21. The summed E-state index contributed by atoms with van der Waals surface area (Å²) < 4.78 is 5.67. The quantitative estimate of drug-likeness (QED) is 0.808. The molecule has 2 rings (SSSR count). The summed E-state index contributed by atoms with van der Waals surface area (Å²) in [6, 6.07) is 6.77. The van der Waals surface area contributed by atoms with Crippen molar-refractivity contribution in [3.63, 3.8) is 0 Å². The van der Waals surface area contributed by atoms with Crippen LogP contribution >= 0.6 is 0 Å². The molecule has 6 nitrogen and oxygen atoms in total. The smallest absolute Gasteiger partial charge is 0.303 e. The molecule has 1 aromatic rings. The van der Waals surface area contributed by atoms with Gasteiger partial charge in [0.25, 0.3) is 5.91 Å². The lowest BCUT2D eigenvalue weighted by molar-refractivity contribution is -0.140. The highest BCUT2D eigenvalue weighted by atomic mass is 16.5. The molecule has 1 aromatic carbocycles. The molecule has 0 aromatic heterocycles. The molecule has 1 fully saturated rings. The van der Waals surface area contributed by atoms with E-state index < -0.39 is 12.1 Å². The highest BCUT2D eigenvalue weighted by Gasteiger charge is 2.27. The molecular formula is C18H23NO5. The van der Waals surface area contributed by atoms with Crippen LogP contribution in [0.4, 0.5) is 0 Å². The maximum atomic E-state index is 12.5. The largest absolute Gasteiger partial charge is 0.481 e. The number of likely N-dealkylation sites (tertiary alicyclic amines) is 1. The van der Waals surface area contributed by atoms with Crippen LogP contribution in [0, 0.1) is 5.92 Å². The lowest BCUT2D eigenvalue weighted by Crippen LogP contribution is -2.45. The topological polar surface area (TPSA) is 83.9 Å². The number of amides is 1. The van der Waals surface area contributed by atoms with Crippen molar-refractivity contribution >= 4 is 17.7 Å². The summed E-state index contributed by atoms with van der Waals surface area (Å²) >= 11 is 0. The van der Waals surface area contributed by atoms with E-state index in [4.69, 9.17) is 9.84 Å². The number of benzene rings is 1. The van der Waals surface area contributed by atoms with Crippen molar-refractivity contribution in [1.29, 1.82) is 0 Å². The highest BCUT2D eigenvalue weighted by molar-refractivity contribution is 5.94. The van der Waals surface area contributed by atoms with E-state index in [0.29, 0.717) is 37.2 Å². The maximum Gasteiger partial charge on any atom is 0.303 e. The molecule has 0 aliphatic carbocycles. The Morgan fingerprint density at radius 3 is 2.54 bits per heavy atom. The first-order chi connectivity index (χ1) is 11.4. The molecule has 1 unspecified atom stereocenters. The number of carbonyl (C=O) groups is 3. The summed E-state index contributed by atoms with van der Waals surface area (Å²) in [6.07, 6.45) is 0.907. The molecule has 1 aliphatic heterocycles. The van der Waals surface area contributed by atoms with Gasteiger partial charge in [-0.3, -0.25) is 14.4 Å². The number of ketones is 1. The van der Waals surface area contributed by atoms with Crippen LogP contribution in [0.1, 0.15) is 43.5 Å². The van der Waals surface area contributed by atoms with Crippen molar-refractivity contribution in [2.75, 3.05) is 13.1 Å². The van der Waals surface area contributed by atoms with Crippen molar-refractivity contribution in [2.24, 2.45) is 5.92 Å². The Balaban J connectivity index is 1.90. The molecule has 130 valence electrons. The van der Waals surface area contributed by atoms with E-state index in [1.165, 1.54) is 6.92 Å². The molecule has 1 aliphatic rings. The third-order valence-corrected chi connectivity index (χ3v) is 4.29. The molecule has 0 spiro atoms. The number of Topliss-reactive ketones (excluding diaryl/α,β-unsaturated/α-hetero) is 1. The number of rotatable bonds is 6. The zero-order valence-electron chi connectivity index (χ0n) is 14.0. The average molecular weight is 333 g/mol. The summed E-state index contributed by atoms with van der Waals surface area (Å²) in [6.45, 7) is 4.27. The van der Waals surface area contributed by atoms with E-state index >= 15 is 0 Å². The molecule has 24 heavy (non-hydrogen) atoms. The summed E-state index contributed by atoms with van der Waals surface area (Å²) in [5.74, 6) is -0.335. The van der Waals surface area contributed by atoms with Crippen LogP contribution in [0.3, 0.4) is 0 Å². The van der Waals surface area contributed by atoms with Gasteiger partial charge in [-0.2, -0.15) is 0 Å². The Morgan fingerprint density at radius 1 is 1.29 bits per heavy atom. The summed E-state index contributed by atoms with van der Waals surface area (Å²) in [4.78, 5) is 36.3. The van der Waals surface area contributed by atoms with Gasteiger partial charge in [0.1, 0.15) is 5.75 Å². The van der Waals surface area contributed by atoms with Crippen LogP contribution in [-0.2, 0) is 9.59 Å². The predicted octanol–water partition coefficient (Wildman–Crippen LogP) is 2.37. The van der Waals surface area contributed by atoms with Gasteiger partial charge in [-0.1, -0.05) is 12.1 Å². The van der Waals surface area contributed by atoms with Crippen molar-refractivity contribution in [1.82, 2.24) is 4.90 Å². The molecule has 0 radical (unpaired) electrons. The van der Waals surface area contributed by atoms with Crippen LogP contribution in [0.5, 0.6) is 5.75 Å². The van der Waals surface area contributed by atoms with Gasteiger partial charge in [0.15, 0.2) is 11.9 Å². The third-order valence-electron chi connectivity index (χ3n) is 4.29. The fraction of sp³-hybridized carbons (Fsp3) is 0.500. The SMILES string of the molecule is CC(=O)c1cccc(OC(C)C(=O)N2CCC(CC(=O)O)CC2)c1. The Hall–Kier alpha value is -2.37. The zero-order valence-corrected chi connectivity index (χ0v) is 14.0. The van der Waals surface area contributed by atoms with E-state index in [2.05, 4.69) is 0 Å². The van der Waals surface area contributed by atoms with Crippen molar-refractivity contribution in [3.05, 3.63) is 29.8 Å². The first-order valence-electron chi connectivity index (χ1n) is 8.15. The zero-order chi connectivity index (χ0) is 17.7. The molecule has 1 saturated heterocycles. The fourth-order valence-corrected chi connectivity index (χ4v) is 2.90. The summed E-state index contributed by atoms with van der Waals surface area (Å²) in [7, 11) is 0. The van der Waals surface area contributed by atoms with Gasteiger partial charge in [0, 0.05) is 25.1 Å².